The predicted molar refractivity (Wildman–Crippen MR) is 69.3 cm³/mol. The van der Waals surface area contributed by atoms with Gasteiger partial charge in [0.05, 0.1) is 12.0 Å². The summed E-state index contributed by atoms with van der Waals surface area (Å²) in [5.41, 5.74) is 0. The second-order valence-electron chi connectivity index (χ2n) is 5.63. The maximum absolute atomic E-state index is 12.5. The fourth-order valence-electron chi connectivity index (χ4n) is 2.34. The number of rotatable bonds is 5. The predicted octanol–water partition coefficient (Wildman–Crippen LogP) is 0.559. The fourth-order valence-corrected chi connectivity index (χ4v) is 2.34. The molecular formula is C13H20F3N3O2. The van der Waals surface area contributed by atoms with Crippen molar-refractivity contribution in [1.29, 1.82) is 0 Å². The third kappa shape index (κ3) is 4.87. The molecule has 1 aliphatic heterocycles. The van der Waals surface area contributed by atoms with Gasteiger partial charge in [-0.05, 0) is 25.7 Å². The van der Waals surface area contributed by atoms with Gasteiger partial charge in [-0.1, -0.05) is 0 Å². The number of hydrogen-bond donors (Lipinski definition) is 3. The minimum atomic E-state index is -4.21. The van der Waals surface area contributed by atoms with E-state index < -0.39 is 18.1 Å². The van der Waals surface area contributed by atoms with Crippen LogP contribution >= 0.6 is 0 Å². The van der Waals surface area contributed by atoms with E-state index in [1.165, 1.54) is 0 Å². The van der Waals surface area contributed by atoms with Crippen LogP contribution in [0.4, 0.5) is 13.2 Å². The van der Waals surface area contributed by atoms with Crippen molar-refractivity contribution in [2.45, 2.75) is 37.9 Å². The highest BCUT2D eigenvalue weighted by atomic mass is 19.4. The van der Waals surface area contributed by atoms with Crippen LogP contribution in [0.1, 0.15) is 25.7 Å². The molecule has 0 bridgehead atoms. The molecule has 0 spiro atoms. The number of halogens is 3. The summed E-state index contributed by atoms with van der Waals surface area (Å²) in [6.45, 7) is 0.414. The number of carbonyl (C=O) groups is 2. The van der Waals surface area contributed by atoms with Crippen LogP contribution in [0.3, 0.4) is 0 Å². The van der Waals surface area contributed by atoms with E-state index in [9.17, 15) is 22.8 Å². The number of carbonyl (C=O) groups excluding carboxylic acids is 2. The molecule has 0 aromatic rings. The lowest BCUT2D eigenvalue weighted by Gasteiger charge is -2.30. The highest BCUT2D eigenvalue weighted by molar-refractivity contribution is 5.82. The molecule has 0 aromatic heterocycles. The van der Waals surface area contributed by atoms with Crippen molar-refractivity contribution in [3.05, 3.63) is 0 Å². The quantitative estimate of drug-likeness (QED) is 0.650. The molecule has 1 saturated carbocycles. The van der Waals surface area contributed by atoms with E-state index in [0.29, 0.717) is 6.54 Å². The van der Waals surface area contributed by atoms with Crippen molar-refractivity contribution in [2.24, 2.45) is 11.8 Å². The summed E-state index contributed by atoms with van der Waals surface area (Å²) in [6, 6.07) is -0.581. The second-order valence-corrected chi connectivity index (χ2v) is 5.63. The molecular weight excluding hydrogens is 287 g/mol. The summed E-state index contributed by atoms with van der Waals surface area (Å²) in [6.07, 6.45) is -2.23. The van der Waals surface area contributed by atoms with E-state index in [1.54, 1.807) is 0 Å². The van der Waals surface area contributed by atoms with Gasteiger partial charge in [-0.15, -0.1) is 0 Å². The van der Waals surface area contributed by atoms with E-state index >= 15 is 0 Å². The average Bonchev–Trinajstić information content (AvgIpc) is 3.27. The second kappa shape index (κ2) is 6.64. The molecule has 2 aliphatic rings. The molecule has 8 heteroatoms. The molecule has 1 heterocycles. The highest BCUT2D eigenvalue weighted by Gasteiger charge is 2.42. The Hall–Kier alpha value is -1.31. The van der Waals surface area contributed by atoms with Crippen molar-refractivity contribution in [1.82, 2.24) is 16.0 Å². The van der Waals surface area contributed by atoms with Gasteiger partial charge in [0.2, 0.25) is 11.8 Å². The lowest BCUT2D eigenvalue weighted by atomic mass is 9.94. The van der Waals surface area contributed by atoms with Crippen molar-refractivity contribution in [3.63, 3.8) is 0 Å². The highest BCUT2D eigenvalue weighted by Crippen LogP contribution is 2.31. The number of nitrogens with one attached hydrogen (secondary N) is 3. The Morgan fingerprint density at radius 3 is 2.10 bits per heavy atom. The topological polar surface area (TPSA) is 70.2 Å². The van der Waals surface area contributed by atoms with Gasteiger partial charge < -0.3 is 16.0 Å². The minimum absolute atomic E-state index is 0.00746. The molecule has 2 rings (SSSR count). The van der Waals surface area contributed by atoms with Crippen LogP contribution in [0.15, 0.2) is 0 Å². The molecule has 1 aliphatic carbocycles. The Labute approximate surface area is 121 Å². The van der Waals surface area contributed by atoms with Gasteiger partial charge in [0.15, 0.2) is 0 Å². The van der Waals surface area contributed by atoms with Crippen molar-refractivity contribution in [3.8, 4) is 0 Å². The zero-order valence-corrected chi connectivity index (χ0v) is 11.6. The summed E-state index contributed by atoms with van der Waals surface area (Å²) < 4.78 is 37.4. The summed E-state index contributed by atoms with van der Waals surface area (Å²) in [4.78, 5) is 23.1. The van der Waals surface area contributed by atoms with Crippen molar-refractivity contribution >= 4 is 11.8 Å². The van der Waals surface area contributed by atoms with Crippen LogP contribution in [0.5, 0.6) is 0 Å². The van der Waals surface area contributed by atoms with E-state index in [1.807, 2.05) is 0 Å². The zero-order chi connectivity index (χ0) is 15.5. The van der Waals surface area contributed by atoms with Crippen LogP contribution in [0.2, 0.25) is 0 Å². The zero-order valence-electron chi connectivity index (χ0n) is 11.6. The largest absolute Gasteiger partial charge is 0.393 e. The Morgan fingerprint density at radius 2 is 1.62 bits per heavy atom. The number of piperidine rings is 1. The molecule has 3 N–H and O–H groups in total. The van der Waals surface area contributed by atoms with E-state index in [2.05, 4.69) is 16.0 Å². The minimum Gasteiger partial charge on any atom is -0.354 e. The lowest BCUT2D eigenvalue weighted by molar-refractivity contribution is -0.180. The van der Waals surface area contributed by atoms with Crippen LogP contribution in [0.25, 0.3) is 0 Å². The summed E-state index contributed by atoms with van der Waals surface area (Å²) in [5, 5.41) is 7.96. The average molecular weight is 307 g/mol. The van der Waals surface area contributed by atoms with E-state index in [0.717, 1.165) is 12.8 Å². The molecule has 1 saturated heterocycles. The molecule has 120 valence electrons. The standard InChI is InChI=1S/C13H20F3N3O2/c14-13(15,16)9-3-4-10(19-7-9)12(21)18-6-5-17-11(20)8-1-2-8/h8-10,19H,1-7H2,(H,17,20)(H,18,21). The van der Waals surface area contributed by atoms with E-state index in [-0.39, 0.29) is 43.7 Å². The normalized spacial score (nSPS) is 26.2. The first-order valence-electron chi connectivity index (χ1n) is 7.23. The van der Waals surface area contributed by atoms with Crippen molar-refractivity contribution < 1.29 is 22.8 Å². The Bertz CT molecular complexity index is 389. The van der Waals surface area contributed by atoms with Gasteiger partial charge in [-0.3, -0.25) is 9.59 Å². The lowest BCUT2D eigenvalue weighted by Crippen LogP contribution is -2.52. The summed E-state index contributed by atoms with van der Waals surface area (Å²) in [5.74, 6) is -1.55. The van der Waals surface area contributed by atoms with Crippen LogP contribution < -0.4 is 16.0 Å². The first-order chi connectivity index (χ1) is 9.88. The first-order valence-corrected chi connectivity index (χ1v) is 7.23. The molecule has 21 heavy (non-hydrogen) atoms. The Kier molecular flexibility index (Phi) is 5.08. The maximum atomic E-state index is 12.5. The maximum Gasteiger partial charge on any atom is 0.393 e. The van der Waals surface area contributed by atoms with Gasteiger partial charge in [0, 0.05) is 25.6 Å². The number of amides is 2. The molecule has 2 amide bonds. The van der Waals surface area contributed by atoms with Crippen LogP contribution in [-0.2, 0) is 9.59 Å². The molecule has 5 nitrogen and oxygen atoms in total. The molecule has 0 aromatic carbocycles. The fraction of sp³-hybridized carbons (Fsp3) is 0.846. The van der Waals surface area contributed by atoms with Gasteiger partial charge in [0.1, 0.15) is 0 Å². The Morgan fingerprint density at radius 1 is 1.00 bits per heavy atom. The van der Waals surface area contributed by atoms with Crippen molar-refractivity contribution in [2.75, 3.05) is 19.6 Å². The first kappa shape index (κ1) is 16.1. The van der Waals surface area contributed by atoms with Gasteiger partial charge in [0.25, 0.3) is 0 Å². The van der Waals surface area contributed by atoms with Gasteiger partial charge in [-0.2, -0.15) is 13.2 Å². The SMILES string of the molecule is O=C(NCCNC(=O)C1CCC(C(F)(F)F)CN1)C1CC1. The molecule has 2 fully saturated rings. The van der Waals surface area contributed by atoms with Gasteiger partial charge in [-0.25, -0.2) is 0 Å². The Balaban J connectivity index is 1.60. The molecule has 0 radical (unpaired) electrons. The van der Waals surface area contributed by atoms with E-state index in [4.69, 9.17) is 0 Å². The van der Waals surface area contributed by atoms with Crippen LogP contribution in [0, 0.1) is 11.8 Å². The monoisotopic (exact) mass is 307 g/mol. The molecule has 2 atom stereocenters. The smallest absolute Gasteiger partial charge is 0.354 e. The number of alkyl halides is 3. The summed E-state index contributed by atoms with van der Waals surface area (Å²) >= 11 is 0. The third-order valence-corrected chi connectivity index (χ3v) is 3.87. The van der Waals surface area contributed by atoms with Crippen LogP contribution in [-0.4, -0.2) is 43.7 Å². The molecule has 2 unspecified atom stereocenters. The summed E-state index contributed by atoms with van der Waals surface area (Å²) in [7, 11) is 0. The number of hydrogen-bond acceptors (Lipinski definition) is 3. The van der Waals surface area contributed by atoms with Gasteiger partial charge >= 0.3 is 6.18 Å². The third-order valence-electron chi connectivity index (χ3n) is 3.87.